The van der Waals surface area contributed by atoms with Gasteiger partial charge in [0, 0.05) is 48.8 Å². The Bertz CT molecular complexity index is 3300. The van der Waals surface area contributed by atoms with Crippen LogP contribution in [0.3, 0.4) is 0 Å². The van der Waals surface area contributed by atoms with Gasteiger partial charge in [0.05, 0.1) is 23.3 Å². The summed E-state index contributed by atoms with van der Waals surface area (Å²) in [7, 11) is 0. The van der Waals surface area contributed by atoms with Crippen molar-refractivity contribution < 1.29 is 29.3 Å². The molecule has 87 heavy (non-hydrogen) atoms. The molecule has 11 unspecified atom stereocenters. The number of rotatable bonds is 16. The van der Waals surface area contributed by atoms with Crippen molar-refractivity contribution in [3.63, 3.8) is 0 Å². The van der Waals surface area contributed by atoms with E-state index in [9.17, 15) is 10.2 Å². The van der Waals surface area contributed by atoms with E-state index in [0.29, 0.717) is 54.6 Å². The molecule has 0 radical (unpaired) electrons. The maximum absolute atomic E-state index is 15.4. The second-order valence-corrected chi connectivity index (χ2v) is 28.5. The lowest BCUT2D eigenvalue weighted by molar-refractivity contribution is -0.135. The zero-order chi connectivity index (χ0) is 59.8. The fourth-order valence-electron chi connectivity index (χ4n) is 18.4. The Hall–Kier alpha value is -5.66. The molecule has 5 fully saturated rings. The number of aliphatic hydroxyl groups is 1. The number of aliphatic hydroxyl groups excluding tert-OH is 1. The van der Waals surface area contributed by atoms with Gasteiger partial charge in [-0.1, -0.05) is 106 Å². The van der Waals surface area contributed by atoms with Gasteiger partial charge in [-0.25, -0.2) is 9.59 Å². The van der Waals surface area contributed by atoms with Crippen LogP contribution >= 0.6 is 0 Å². The van der Waals surface area contributed by atoms with Gasteiger partial charge in [-0.05, 0) is 257 Å². The molecule has 11 nitrogen and oxygen atoms in total. The van der Waals surface area contributed by atoms with E-state index in [1.54, 1.807) is 6.07 Å². The van der Waals surface area contributed by atoms with Gasteiger partial charge in [0.25, 0.3) is 0 Å². The molecule has 11 atom stereocenters. The Kier molecular flexibility index (Phi) is 18.0. The van der Waals surface area contributed by atoms with Crippen LogP contribution in [-0.2, 0) is 45.0 Å². The normalized spacial score (nSPS) is 30.1. The van der Waals surface area contributed by atoms with Crippen LogP contribution in [0.1, 0.15) is 176 Å². The molecule has 11 heteroatoms. The number of carbonyl (C=O) groups is 2. The van der Waals surface area contributed by atoms with E-state index >= 15 is 9.59 Å². The highest BCUT2D eigenvalue weighted by atomic mass is 16.6. The summed E-state index contributed by atoms with van der Waals surface area (Å²) in [6, 6.07) is 33.0. The van der Waals surface area contributed by atoms with E-state index < -0.39 is 11.5 Å². The molecule has 4 aromatic carbocycles. The van der Waals surface area contributed by atoms with Crippen molar-refractivity contribution in [3.8, 4) is 16.9 Å². The molecule has 5 heterocycles. The van der Waals surface area contributed by atoms with Gasteiger partial charge in [0.2, 0.25) is 0 Å². The minimum absolute atomic E-state index is 0.0417. The third-order valence-electron chi connectivity index (χ3n) is 22.5. The van der Waals surface area contributed by atoms with Crippen molar-refractivity contribution in [1.29, 1.82) is 0 Å². The predicted octanol–water partition coefficient (Wildman–Crippen LogP) is 13.6. The molecule has 2 saturated heterocycles. The van der Waals surface area contributed by atoms with Crippen molar-refractivity contribution in [2.75, 3.05) is 26.2 Å². The summed E-state index contributed by atoms with van der Waals surface area (Å²) in [5, 5.41) is 42.2. The molecule has 7 N–H and O–H groups in total. The van der Waals surface area contributed by atoms with Gasteiger partial charge in [-0.2, -0.15) is 0 Å². The highest BCUT2D eigenvalue weighted by molar-refractivity contribution is 6.07. The summed E-state index contributed by atoms with van der Waals surface area (Å²) in [6.07, 6.45) is 23.5. The highest BCUT2D eigenvalue weighted by Crippen LogP contribution is 2.72. The van der Waals surface area contributed by atoms with Crippen molar-refractivity contribution in [2.45, 2.75) is 187 Å². The van der Waals surface area contributed by atoms with E-state index in [2.05, 4.69) is 132 Å². The molecule has 3 saturated carbocycles. The summed E-state index contributed by atoms with van der Waals surface area (Å²) in [4.78, 5) is 30.8. The number of ether oxygens (including phenoxy) is 2. The summed E-state index contributed by atoms with van der Waals surface area (Å²) < 4.78 is 13.6. The third-order valence-corrected chi connectivity index (χ3v) is 22.5. The molecule has 11 aliphatic rings. The maximum Gasteiger partial charge on any atom is 0.340 e. The van der Waals surface area contributed by atoms with Crippen molar-refractivity contribution in [1.82, 2.24) is 26.6 Å². The van der Waals surface area contributed by atoms with Crippen molar-refractivity contribution in [3.05, 3.63) is 165 Å². The number of phenols is 1. The average Bonchev–Trinajstić information content (AvgIpc) is 1.62. The quantitative estimate of drug-likeness (QED) is 0.0424. The van der Waals surface area contributed by atoms with Crippen molar-refractivity contribution in [2.24, 2.45) is 52.3 Å². The Labute approximate surface area is 518 Å². The van der Waals surface area contributed by atoms with Crippen molar-refractivity contribution >= 4 is 17.5 Å². The number of hydrogen-bond acceptors (Lipinski definition) is 11. The zero-order valence-corrected chi connectivity index (χ0v) is 52.4. The molecular formula is C76H97N5O6. The SMILES string of the molecule is CCC(C=C1OC(=O)C2=C3c4cc(O)ccc4-c4cccc(c4)CNCCc4cc(CNC5CCCC5)cc(c4)C(NCC(C)O)C4CCC(C5CCNC(NCCCC(C)C)C5)(CC=C5OC(=O)C6=C5CCC5C3CCC12C65)C4)Cc1ccccc1. The van der Waals surface area contributed by atoms with E-state index in [-0.39, 0.29) is 59.0 Å². The first kappa shape index (κ1) is 60.3. The van der Waals surface area contributed by atoms with Gasteiger partial charge in [-0.15, -0.1) is 0 Å². The van der Waals surface area contributed by atoms with Gasteiger partial charge < -0.3 is 46.3 Å². The lowest BCUT2D eigenvalue weighted by atomic mass is 9.44. The minimum Gasteiger partial charge on any atom is -0.508 e. The largest absolute Gasteiger partial charge is 0.508 e. The molecule has 462 valence electrons. The van der Waals surface area contributed by atoms with E-state index in [1.807, 2.05) is 19.1 Å². The second-order valence-electron chi connectivity index (χ2n) is 28.5. The zero-order valence-electron chi connectivity index (χ0n) is 52.4. The smallest absolute Gasteiger partial charge is 0.340 e. The number of piperidine rings is 1. The monoisotopic (exact) mass is 1180 g/mol. The summed E-state index contributed by atoms with van der Waals surface area (Å²) >= 11 is 0. The lowest BCUT2D eigenvalue weighted by Crippen LogP contribution is -2.52. The van der Waals surface area contributed by atoms with Gasteiger partial charge >= 0.3 is 11.9 Å². The standard InChI is InChI=1S/C76H97N5O6/c1-5-49(35-50-14-7-6-8-15-50)40-66-76-31-25-61-62-22-23-63-65(86-73(84)69(63)70(62)76)26-30-75(57-28-34-79-67(41-57)78-32-12-13-47(2)3)29-24-55(43-75)72(81-44-48(4)82)56-37-51(36-53(39-56)46-80-58-18-9-10-19-58)27-33-77-45-52-16-11-17-54(38-52)60-21-20-59(83)42-64(60)68(61)71(76)74(85)87-66/h6-8,11,14-17,20-21,26,36-40,42,47-49,55,57-58,61-62,67,70,72,77-83H,5,9-10,12-13,18-19,22-25,27-35,41,43-46H2,1-4H3. The first-order chi connectivity index (χ1) is 42.4. The highest BCUT2D eigenvalue weighted by Gasteiger charge is 2.69. The number of esters is 2. The van der Waals surface area contributed by atoms with Gasteiger partial charge in [0.1, 0.15) is 17.3 Å². The number of fused-ring (bicyclic) bond motifs is 5. The Morgan fingerprint density at radius 3 is 2.48 bits per heavy atom. The van der Waals surface area contributed by atoms with E-state index in [0.717, 1.165) is 154 Å². The molecule has 4 aromatic rings. The number of hydrogen-bond donors (Lipinski definition) is 7. The molecule has 0 amide bonds. The van der Waals surface area contributed by atoms with Crippen LogP contribution in [0.15, 0.2) is 131 Å². The molecule has 6 aliphatic carbocycles. The molecule has 1 spiro atoms. The Morgan fingerprint density at radius 1 is 0.793 bits per heavy atom. The predicted molar refractivity (Wildman–Crippen MR) is 345 cm³/mol. The van der Waals surface area contributed by atoms with Crippen LogP contribution < -0.4 is 26.6 Å². The van der Waals surface area contributed by atoms with Crippen LogP contribution in [-0.4, -0.2) is 66.6 Å². The lowest BCUT2D eigenvalue weighted by Gasteiger charge is -2.56. The van der Waals surface area contributed by atoms with Crippen LogP contribution in [0.25, 0.3) is 16.7 Å². The van der Waals surface area contributed by atoms with E-state index in [4.69, 9.17) is 9.47 Å². The number of phenolic OH excluding ortho intramolecular Hbond substituents is 1. The summed E-state index contributed by atoms with van der Waals surface area (Å²) in [5.74, 6) is 2.20. The van der Waals surface area contributed by atoms with Crippen LogP contribution in [0, 0.1) is 52.3 Å². The third kappa shape index (κ3) is 12.3. The Morgan fingerprint density at radius 2 is 1.66 bits per heavy atom. The average molecular weight is 1180 g/mol. The number of benzene rings is 4. The summed E-state index contributed by atoms with van der Waals surface area (Å²) in [5.41, 5.74) is 11.7. The topological polar surface area (TPSA) is 153 Å². The first-order valence-electron chi connectivity index (χ1n) is 34.1. The molecular weight excluding hydrogens is 1080 g/mol. The molecule has 14 bridgehead atoms. The fraction of sp³-hybridized carbons (Fsp3) is 0.553. The fourth-order valence-corrected chi connectivity index (χ4v) is 18.4. The molecule has 5 aliphatic heterocycles. The molecule has 15 rings (SSSR count). The van der Waals surface area contributed by atoms with Gasteiger partial charge in [-0.3, -0.25) is 0 Å². The number of carbonyl (C=O) groups excluding carboxylic acids is 2. The number of aromatic hydroxyl groups is 1. The number of allylic oxidation sites excluding steroid dienone is 5. The second kappa shape index (κ2) is 26.0. The number of nitrogens with one attached hydrogen (secondary N) is 5. The van der Waals surface area contributed by atoms with E-state index in [1.165, 1.54) is 54.4 Å². The van der Waals surface area contributed by atoms with Gasteiger partial charge in [0.15, 0.2) is 0 Å². The maximum atomic E-state index is 15.4. The summed E-state index contributed by atoms with van der Waals surface area (Å²) in [6.45, 7) is 13.5. The molecule has 0 aromatic heterocycles. The van der Waals surface area contributed by atoms with Crippen LogP contribution in [0.5, 0.6) is 5.75 Å². The minimum atomic E-state index is -0.893. The van der Waals surface area contributed by atoms with Crippen LogP contribution in [0.2, 0.25) is 0 Å². The first-order valence-corrected chi connectivity index (χ1v) is 34.1. The number of cyclic esters (lactones) is 1. The Balaban J connectivity index is 0.949. The van der Waals surface area contributed by atoms with Crippen LogP contribution in [0.4, 0.5) is 0 Å².